The molecule has 0 fully saturated rings. The van der Waals surface area contributed by atoms with Crippen molar-refractivity contribution in [3.8, 4) is 0 Å². The molecule has 1 aromatic heterocycles. The summed E-state index contributed by atoms with van der Waals surface area (Å²) >= 11 is 3.27. The minimum Gasteiger partial charge on any atom is -0.279 e. The van der Waals surface area contributed by atoms with E-state index in [0.717, 1.165) is 26.5 Å². The molecule has 0 bridgehead atoms. The quantitative estimate of drug-likeness (QED) is 0.373. The lowest BCUT2D eigenvalue weighted by molar-refractivity contribution is 0.0985. The number of carbonyl (C=O) groups excluding carboxylic acids is 1. The number of carbonyl (C=O) groups is 1. The molecular formula is C23H20N2OS2. The second-order valence-electron chi connectivity index (χ2n) is 6.58. The smallest absolute Gasteiger partial charge is 0.260 e. The van der Waals surface area contributed by atoms with E-state index >= 15 is 0 Å². The van der Waals surface area contributed by atoms with Gasteiger partial charge in [0.2, 0.25) is 0 Å². The van der Waals surface area contributed by atoms with Gasteiger partial charge in [-0.15, -0.1) is 11.8 Å². The van der Waals surface area contributed by atoms with Crippen molar-refractivity contribution in [3.05, 3.63) is 89.5 Å². The highest BCUT2D eigenvalue weighted by atomic mass is 32.2. The number of benzene rings is 3. The fraction of sp³-hybridized carbons (Fsp3) is 0.130. The van der Waals surface area contributed by atoms with Crippen LogP contribution in [-0.4, -0.2) is 17.1 Å². The molecule has 1 amide bonds. The molecule has 0 spiro atoms. The van der Waals surface area contributed by atoms with Gasteiger partial charge in [0.05, 0.1) is 16.8 Å². The number of amides is 1. The Kier molecular flexibility index (Phi) is 5.46. The van der Waals surface area contributed by atoms with Crippen LogP contribution in [0.25, 0.3) is 10.2 Å². The zero-order chi connectivity index (χ0) is 19.5. The van der Waals surface area contributed by atoms with Crippen molar-refractivity contribution in [2.45, 2.75) is 18.4 Å². The van der Waals surface area contributed by atoms with E-state index in [1.807, 2.05) is 67.6 Å². The predicted molar refractivity (Wildman–Crippen MR) is 120 cm³/mol. The van der Waals surface area contributed by atoms with E-state index < -0.39 is 0 Å². The van der Waals surface area contributed by atoms with Gasteiger partial charge in [-0.1, -0.05) is 59.4 Å². The molecule has 3 nitrogen and oxygen atoms in total. The highest BCUT2D eigenvalue weighted by molar-refractivity contribution is 7.98. The van der Waals surface area contributed by atoms with Crippen LogP contribution in [0.5, 0.6) is 0 Å². The summed E-state index contributed by atoms with van der Waals surface area (Å²) < 4.78 is 1.09. The second kappa shape index (κ2) is 8.17. The molecule has 0 aliphatic heterocycles. The Morgan fingerprint density at radius 1 is 1.04 bits per heavy atom. The van der Waals surface area contributed by atoms with E-state index in [2.05, 4.69) is 18.4 Å². The van der Waals surface area contributed by atoms with Crippen LogP contribution in [0.15, 0.2) is 77.7 Å². The minimum absolute atomic E-state index is 0.0308. The zero-order valence-corrected chi connectivity index (χ0v) is 17.4. The van der Waals surface area contributed by atoms with Crippen molar-refractivity contribution in [3.63, 3.8) is 0 Å². The minimum atomic E-state index is -0.0308. The van der Waals surface area contributed by atoms with Crippen molar-refractivity contribution in [2.24, 2.45) is 0 Å². The Balaban J connectivity index is 1.77. The normalized spacial score (nSPS) is 10.9. The Hall–Kier alpha value is -2.63. The monoisotopic (exact) mass is 404 g/mol. The van der Waals surface area contributed by atoms with E-state index in [0.29, 0.717) is 12.1 Å². The van der Waals surface area contributed by atoms with Gasteiger partial charge in [0, 0.05) is 10.5 Å². The number of hydrogen-bond acceptors (Lipinski definition) is 4. The standard InChI is InChI=1S/C23H20N2OS2/c1-16-7-6-10-18(13-16)22(26)25(15-17-8-4-3-5-9-17)23-24-20-12-11-19(27-2)14-21(20)28-23/h3-14H,15H2,1-2H3. The van der Waals surface area contributed by atoms with Gasteiger partial charge < -0.3 is 0 Å². The van der Waals surface area contributed by atoms with Crippen LogP contribution >= 0.6 is 23.1 Å². The van der Waals surface area contributed by atoms with E-state index in [-0.39, 0.29) is 5.91 Å². The molecule has 0 unspecified atom stereocenters. The van der Waals surface area contributed by atoms with Gasteiger partial charge in [-0.3, -0.25) is 9.69 Å². The number of aromatic nitrogens is 1. The van der Waals surface area contributed by atoms with Gasteiger partial charge in [-0.2, -0.15) is 0 Å². The summed E-state index contributed by atoms with van der Waals surface area (Å²) in [6, 6.07) is 24.0. The summed E-state index contributed by atoms with van der Waals surface area (Å²) in [4.78, 5) is 21.1. The highest BCUT2D eigenvalue weighted by Gasteiger charge is 2.22. The molecule has 0 saturated carbocycles. The summed E-state index contributed by atoms with van der Waals surface area (Å²) in [5.41, 5.74) is 3.75. The summed E-state index contributed by atoms with van der Waals surface area (Å²) in [5, 5.41) is 0.726. The SMILES string of the molecule is CSc1ccc2nc(N(Cc3ccccc3)C(=O)c3cccc(C)c3)sc2c1. The van der Waals surface area contributed by atoms with Crippen LogP contribution < -0.4 is 4.90 Å². The number of anilines is 1. The fourth-order valence-electron chi connectivity index (χ4n) is 3.06. The molecule has 0 aliphatic carbocycles. The van der Waals surface area contributed by atoms with Crippen LogP contribution in [0.4, 0.5) is 5.13 Å². The zero-order valence-electron chi connectivity index (χ0n) is 15.8. The van der Waals surface area contributed by atoms with Gasteiger partial charge in [-0.25, -0.2) is 4.98 Å². The lowest BCUT2D eigenvalue weighted by atomic mass is 10.1. The largest absolute Gasteiger partial charge is 0.279 e. The first-order valence-electron chi connectivity index (χ1n) is 9.01. The summed E-state index contributed by atoms with van der Waals surface area (Å²) in [5.74, 6) is -0.0308. The first kappa shape index (κ1) is 18.7. The highest BCUT2D eigenvalue weighted by Crippen LogP contribution is 2.33. The first-order chi connectivity index (χ1) is 13.6. The summed E-state index contributed by atoms with van der Waals surface area (Å²) in [7, 11) is 0. The molecule has 1 heterocycles. The van der Waals surface area contributed by atoms with Crippen LogP contribution in [0.1, 0.15) is 21.5 Å². The van der Waals surface area contributed by atoms with Gasteiger partial charge in [0.15, 0.2) is 5.13 Å². The molecular weight excluding hydrogens is 384 g/mol. The molecule has 4 rings (SSSR count). The molecule has 4 aromatic rings. The van der Waals surface area contributed by atoms with Crippen molar-refractivity contribution >= 4 is 44.4 Å². The average molecular weight is 405 g/mol. The maximum atomic E-state index is 13.4. The third kappa shape index (κ3) is 3.96. The van der Waals surface area contributed by atoms with Crippen molar-refractivity contribution in [1.82, 2.24) is 4.98 Å². The molecule has 3 aromatic carbocycles. The third-order valence-corrected chi connectivity index (χ3v) is 6.28. The second-order valence-corrected chi connectivity index (χ2v) is 8.47. The number of fused-ring (bicyclic) bond motifs is 1. The van der Waals surface area contributed by atoms with Crippen LogP contribution in [-0.2, 0) is 6.54 Å². The van der Waals surface area contributed by atoms with Gasteiger partial charge in [0.1, 0.15) is 0 Å². The Morgan fingerprint density at radius 3 is 2.61 bits per heavy atom. The number of rotatable bonds is 5. The fourth-order valence-corrected chi connectivity index (χ4v) is 4.58. The van der Waals surface area contributed by atoms with E-state index in [1.54, 1.807) is 28.0 Å². The predicted octanol–water partition coefficient (Wildman–Crippen LogP) is 6.17. The number of thioether (sulfide) groups is 1. The average Bonchev–Trinajstić information content (AvgIpc) is 3.15. The lowest BCUT2D eigenvalue weighted by Gasteiger charge is -2.20. The van der Waals surface area contributed by atoms with E-state index in [1.165, 1.54) is 4.90 Å². The molecule has 140 valence electrons. The first-order valence-corrected chi connectivity index (χ1v) is 11.1. The Labute approximate surface area is 173 Å². The van der Waals surface area contributed by atoms with Crippen LogP contribution in [0.3, 0.4) is 0 Å². The van der Waals surface area contributed by atoms with Crippen molar-refractivity contribution < 1.29 is 4.79 Å². The third-order valence-electron chi connectivity index (χ3n) is 4.51. The molecule has 28 heavy (non-hydrogen) atoms. The Morgan fingerprint density at radius 2 is 1.86 bits per heavy atom. The molecule has 0 N–H and O–H groups in total. The maximum absolute atomic E-state index is 13.4. The summed E-state index contributed by atoms with van der Waals surface area (Å²) in [6.07, 6.45) is 2.06. The number of nitrogens with zero attached hydrogens (tertiary/aromatic N) is 2. The van der Waals surface area contributed by atoms with Gasteiger partial charge in [0.25, 0.3) is 5.91 Å². The van der Waals surface area contributed by atoms with Crippen LogP contribution in [0.2, 0.25) is 0 Å². The van der Waals surface area contributed by atoms with Gasteiger partial charge in [-0.05, 0) is 49.1 Å². The van der Waals surface area contributed by atoms with Crippen molar-refractivity contribution in [1.29, 1.82) is 0 Å². The number of thiazole rings is 1. The van der Waals surface area contributed by atoms with Gasteiger partial charge >= 0.3 is 0 Å². The Bertz CT molecular complexity index is 1120. The molecule has 0 radical (unpaired) electrons. The lowest BCUT2D eigenvalue weighted by Crippen LogP contribution is -2.30. The molecule has 0 saturated heterocycles. The molecule has 0 aliphatic rings. The van der Waals surface area contributed by atoms with E-state index in [4.69, 9.17) is 4.98 Å². The number of hydrogen-bond donors (Lipinski definition) is 0. The number of aryl methyl sites for hydroxylation is 1. The van der Waals surface area contributed by atoms with Crippen molar-refractivity contribution in [2.75, 3.05) is 11.2 Å². The van der Waals surface area contributed by atoms with Crippen LogP contribution in [0, 0.1) is 6.92 Å². The topological polar surface area (TPSA) is 33.2 Å². The summed E-state index contributed by atoms with van der Waals surface area (Å²) in [6.45, 7) is 2.49. The van der Waals surface area contributed by atoms with E-state index in [9.17, 15) is 4.79 Å². The maximum Gasteiger partial charge on any atom is 0.260 e. The molecule has 0 atom stereocenters. The molecule has 5 heteroatoms.